The number of carbonyl (C=O) groups excluding carboxylic acids is 1. The number of benzene rings is 1. The summed E-state index contributed by atoms with van der Waals surface area (Å²) < 4.78 is 5.58. The van der Waals surface area contributed by atoms with E-state index in [9.17, 15) is 4.79 Å². The lowest BCUT2D eigenvalue weighted by molar-refractivity contribution is -0.136. The van der Waals surface area contributed by atoms with Crippen molar-refractivity contribution in [3.8, 4) is 5.75 Å². The highest BCUT2D eigenvalue weighted by Crippen LogP contribution is 2.18. The van der Waals surface area contributed by atoms with Gasteiger partial charge in [0.1, 0.15) is 5.75 Å². The van der Waals surface area contributed by atoms with Crippen molar-refractivity contribution in [2.24, 2.45) is 0 Å². The van der Waals surface area contributed by atoms with Crippen molar-refractivity contribution < 1.29 is 9.53 Å². The summed E-state index contributed by atoms with van der Waals surface area (Å²) in [6.07, 6.45) is 3.00. The molecule has 0 bridgehead atoms. The number of hydrogen-bond donors (Lipinski definition) is 1. The first-order chi connectivity index (χ1) is 10.2. The number of rotatable bonds is 6. The number of hydrogen-bond acceptors (Lipinski definition) is 3. The van der Waals surface area contributed by atoms with Crippen LogP contribution < -0.4 is 10.1 Å². The number of halogens is 2. The predicted molar refractivity (Wildman–Crippen MR) is 92.1 cm³/mol. The van der Waals surface area contributed by atoms with E-state index in [1.807, 2.05) is 17.0 Å². The summed E-state index contributed by atoms with van der Waals surface area (Å²) in [6.45, 7) is 4.92. The second kappa shape index (κ2) is 9.93. The number of piperidine rings is 1. The molecule has 1 aromatic carbocycles. The molecule has 22 heavy (non-hydrogen) atoms. The van der Waals surface area contributed by atoms with Crippen LogP contribution in [-0.2, 0) is 4.79 Å². The van der Waals surface area contributed by atoms with Crippen molar-refractivity contribution >= 4 is 29.9 Å². The van der Waals surface area contributed by atoms with Crippen LogP contribution in [0.3, 0.4) is 0 Å². The van der Waals surface area contributed by atoms with E-state index in [1.54, 1.807) is 12.1 Å². The molecular weight excluding hydrogens is 323 g/mol. The first-order valence-corrected chi connectivity index (χ1v) is 7.97. The summed E-state index contributed by atoms with van der Waals surface area (Å²) >= 11 is 5.91. The summed E-state index contributed by atoms with van der Waals surface area (Å²) in [5.74, 6) is 0.696. The van der Waals surface area contributed by atoms with Crippen LogP contribution in [0.2, 0.25) is 5.02 Å². The van der Waals surface area contributed by atoms with Gasteiger partial charge < -0.3 is 15.0 Å². The lowest BCUT2D eigenvalue weighted by Gasteiger charge is -2.34. The summed E-state index contributed by atoms with van der Waals surface area (Å²) in [5, 5.41) is 3.95. The Labute approximate surface area is 143 Å². The van der Waals surface area contributed by atoms with E-state index in [-0.39, 0.29) is 24.9 Å². The molecule has 0 radical (unpaired) electrons. The molecule has 0 unspecified atom stereocenters. The van der Waals surface area contributed by atoms with Gasteiger partial charge in [-0.3, -0.25) is 4.79 Å². The van der Waals surface area contributed by atoms with E-state index in [4.69, 9.17) is 16.3 Å². The molecule has 1 aromatic rings. The summed E-state index contributed by atoms with van der Waals surface area (Å²) in [6, 6.07) is 7.48. The molecule has 0 atom stereocenters. The van der Waals surface area contributed by atoms with Crippen molar-refractivity contribution in [2.75, 3.05) is 26.2 Å². The first-order valence-electron chi connectivity index (χ1n) is 7.59. The Balaban J connectivity index is 0.00000242. The van der Waals surface area contributed by atoms with Crippen LogP contribution >= 0.6 is 24.0 Å². The molecule has 1 fully saturated rings. The number of ether oxygens (including phenoxy) is 1. The second-order valence-electron chi connectivity index (χ2n) is 5.31. The molecule has 1 saturated heterocycles. The molecule has 1 amide bonds. The van der Waals surface area contributed by atoms with Crippen LogP contribution in [0.5, 0.6) is 5.75 Å². The predicted octanol–water partition coefficient (Wildman–Crippen LogP) is 3.13. The normalized spacial score (nSPS) is 15.0. The van der Waals surface area contributed by atoms with E-state index in [2.05, 4.69) is 12.2 Å². The maximum atomic E-state index is 12.4. The number of nitrogens with one attached hydrogen (secondary N) is 1. The fourth-order valence-corrected chi connectivity index (χ4v) is 2.84. The maximum Gasteiger partial charge on any atom is 0.260 e. The van der Waals surface area contributed by atoms with Crippen molar-refractivity contribution in [1.29, 1.82) is 0 Å². The molecule has 1 heterocycles. The fourth-order valence-electron chi connectivity index (χ4n) is 2.65. The minimum absolute atomic E-state index is 0. The van der Waals surface area contributed by atoms with Crippen LogP contribution in [0.4, 0.5) is 0 Å². The topological polar surface area (TPSA) is 41.6 Å². The van der Waals surface area contributed by atoms with Crippen LogP contribution in [0.1, 0.15) is 26.2 Å². The lowest BCUT2D eigenvalue weighted by Crippen LogP contribution is -2.48. The van der Waals surface area contributed by atoms with Crippen molar-refractivity contribution in [3.05, 3.63) is 29.3 Å². The zero-order valence-electron chi connectivity index (χ0n) is 12.9. The molecule has 124 valence electrons. The molecule has 0 spiro atoms. The standard InChI is InChI=1S/C16H23ClN2O2.ClH/c1-2-10-19(14-6-8-18-9-7-14)16(20)12-21-15-5-3-4-13(17)11-15;/h3-5,11,14,18H,2,6-10,12H2,1H3;1H. The van der Waals surface area contributed by atoms with Crippen LogP contribution in [0.15, 0.2) is 24.3 Å². The highest BCUT2D eigenvalue weighted by atomic mass is 35.5. The Bertz CT molecular complexity index is 465. The molecule has 4 nitrogen and oxygen atoms in total. The summed E-state index contributed by atoms with van der Waals surface area (Å²) in [7, 11) is 0. The minimum Gasteiger partial charge on any atom is -0.484 e. The van der Waals surface area contributed by atoms with Gasteiger partial charge in [0.25, 0.3) is 5.91 Å². The van der Waals surface area contributed by atoms with Gasteiger partial charge in [-0.25, -0.2) is 0 Å². The summed E-state index contributed by atoms with van der Waals surface area (Å²) in [4.78, 5) is 14.4. The third-order valence-corrected chi connectivity index (χ3v) is 3.93. The number of nitrogens with zero attached hydrogens (tertiary/aromatic N) is 1. The van der Waals surface area contributed by atoms with Gasteiger partial charge in [-0.2, -0.15) is 0 Å². The van der Waals surface area contributed by atoms with Gasteiger partial charge in [0.2, 0.25) is 0 Å². The van der Waals surface area contributed by atoms with E-state index in [0.29, 0.717) is 16.8 Å². The van der Waals surface area contributed by atoms with Gasteiger partial charge >= 0.3 is 0 Å². The molecule has 0 saturated carbocycles. The van der Waals surface area contributed by atoms with Crippen LogP contribution in [0.25, 0.3) is 0 Å². The van der Waals surface area contributed by atoms with Crippen molar-refractivity contribution in [3.63, 3.8) is 0 Å². The monoisotopic (exact) mass is 346 g/mol. The zero-order chi connectivity index (χ0) is 15.1. The Morgan fingerprint density at radius 3 is 2.77 bits per heavy atom. The Kier molecular flexibility index (Phi) is 8.61. The molecule has 1 aliphatic rings. The smallest absolute Gasteiger partial charge is 0.260 e. The molecule has 1 N–H and O–H groups in total. The Hall–Kier alpha value is -0.970. The molecule has 0 aromatic heterocycles. The second-order valence-corrected chi connectivity index (χ2v) is 5.75. The van der Waals surface area contributed by atoms with E-state index in [0.717, 1.165) is 38.9 Å². The van der Waals surface area contributed by atoms with Gasteiger partial charge in [-0.1, -0.05) is 24.6 Å². The highest BCUT2D eigenvalue weighted by Gasteiger charge is 2.24. The SMILES string of the molecule is CCCN(C(=O)COc1cccc(Cl)c1)C1CCNCC1.Cl. The quantitative estimate of drug-likeness (QED) is 0.860. The number of carbonyl (C=O) groups is 1. The first kappa shape index (κ1) is 19.1. The third kappa shape index (κ3) is 5.67. The van der Waals surface area contributed by atoms with Gasteiger partial charge in [0, 0.05) is 17.6 Å². The van der Waals surface area contributed by atoms with Gasteiger partial charge in [0.05, 0.1) is 0 Å². The molecule has 6 heteroatoms. The highest BCUT2D eigenvalue weighted by molar-refractivity contribution is 6.30. The van der Waals surface area contributed by atoms with Crippen molar-refractivity contribution in [1.82, 2.24) is 10.2 Å². The van der Waals surface area contributed by atoms with Crippen molar-refractivity contribution in [2.45, 2.75) is 32.2 Å². The minimum atomic E-state index is 0. The number of amides is 1. The average molecular weight is 347 g/mol. The molecule has 1 aliphatic heterocycles. The zero-order valence-corrected chi connectivity index (χ0v) is 14.5. The maximum absolute atomic E-state index is 12.4. The molecule has 0 aliphatic carbocycles. The summed E-state index contributed by atoms with van der Waals surface area (Å²) in [5.41, 5.74) is 0. The van der Waals surface area contributed by atoms with E-state index >= 15 is 0 Å². The lowest BCUT2D eigenvalue weighted by atomic mass is 10.0. The Morgan fingerprint density at radius 1 is 1.41 bits per heavy atom. The van der Waals surface area contributed by atoms with Crippen LogP contribution in [0, 0.1) is 0 Å². The molecule has 2 rings (SSSR count). The third-order valence-electron chi connectivity index (χ3n) is 3.69. The molecular formula is C16H24Cl2N2O2. The van der Waals surface area contributed by atoms with Crippen LogP contribution in [-0.4, -0.2) is 43.1 Å². The van der Waals surface area contributed by atoms with Gasteiger partial charge in [-0.05, 0) is 50.6 Å². The van der Waals surface area contributed by atoms with E-state index in [1.165, 1.54) is 0 Å². The average Bonchev–Trinajstić information content (AvgIpc) is 2.51. The van der Waals surface area contributed by atoms with Gasteiger partial charge in [-0.15, -0.1) is 12.4 Å². The Morgan fingerprint density at radius 2 is 2.14 bits per heavy atom. The fraction of sp³-hybridized carbons (Fsp3) is 0.562. The largest absolute Gasteiger partial charge is 0.484 e. The van der Waals surface area contributed by atoms with Gasteiger partial charge in [0.15, 0.2) is 6.61 Å². The van der Waals surface area contributed by atoms with E-state index < -0.39 is 0 Å².